The molecule has 0 bridgehead atoms. The third-order valence-electron chi connectivity index (χ3n) is 4.10. The Morgan fingerprint density at radius 3 is 2.54 bits per heavy atom. The highest BCUT2D eigenvalue weighted by molar-refractivity contribution is 6.06. The molecule has 0 aliphatic rings. The van der Waals surface area contributed by atoms with Crippen LogP contribution in [0, 0.1) is 17.0 Å². The second-order valence-electron chi connectivity index (χ2n) is 5.91. The van der Waals surface area contributed by atoms with Crippen molar-refractivity contribution in [3.63, 3.8) is 0 Å². The standard InChI is InChI=1S/C20H16N2O6/c1-12-11-13(22(25)26)7-8-14(12)17-9-10-18(28-17)19(23)21-16-6-4-3-5-15(16)20(24)27-2/h3-11H,1-2H3,(H,21,23). The zero-order chi connectivity index (χ0) is 20.3. The zero-order valence-electron chi connectivity index (χ0n) is 15.1. The largest absolute Gasteiger partial charge is 0.465 e. The van der Waals surface area contributed by atoms with Crippen LogP contribution in [0.2, 0.25) is 0 Å². The molecule has 142 valence electrons. The smallest absolute Gasteiger partial charge is 0.339 e. The summed E-state index contributed by atoms with van der Waals surface area (Å²) in [5, 5.41) is 13.5. The van der Waals surface area contributed by atoms with Crippen molar-refractivity contribution < 1.29 is 23.7 Å². The van der Waals surface area contributed by atoms with Gasteiger partial charge in [0.05, 0.1) is 23.3 Å². The fourth-order valence-corrected chi connectivity index (χ4v) is 2.71. The first-order valence-corrected chi connectivity index (χ1v) is 8.24. The van der Waals surface area contributed by atoms with Gasteiger partial charge in [-0.15, -0.1) is 0 Å². The van der Waals surface area contributed by atoms with Crippen LogP contribution < -0.4 is 5.32 Å². The van der Waals surface area contributed by atoms with E-state index < -0.39 is 16.8 Å². The molecular weight excluding hydrogens is 364 g/mol. The Morgan fingerprint density at radius 1 is 1.11 bits per heavy atom. The molecule has 2 aromatic carbocycles. The second kappa shape index (κ2) is 7.75. The number of methoxy groups -OCH3 is 1. The lowest BCUT2D eigenvalue weighted by atomic mass is 10.1. The molecule has 0 unspecified atom stereocenters. The van der Waals surface area contributed by atoms with Gasteiger partial charge in [0.15, 0.2) is 5.76 Å². The molecule has 0 fully saturated rings. The number of carbonyl (C=O) groups excluding carboxylic acids is 2. The minimum Gasteiger partial charge on any atom is -0.465 e. The number of nitro benzene ring substituents is 1. The average molecular weight is 380 g/mol. The Balaban J connectivity index is 1.84. The van der Waals surface area contributed by atoms with Crippen LogP contribution in [-0.2, 0) is 4.74 Å². The molecule has 0 saturated carbocycles. The quantitative estimate of drug-likeness (QED) is 0.403. The van der Waals surface area contributed by atoms with Crippen molar-refractivity contribution in [1.82, 2.24) is 0 Å². The van der Waals surface area contributed by atoms with E-state index in [9.17, 15) is 19.7 Å². The number of aryl methyl sites for hydroxylation is 1. The van der Waals surface area contributed by atoms with Crippen LogP contribution in [0.5, 0.6) is 0 Å². The van der Waals surface area contributed by atoms with Crippen molar-refractivity contribution in [3.05, 3.63) is 81.6 Å². The summed E-state index contributed by atoms with van der Waals surface area (Å²) in [5.41, 5.74) is 1.77. The molecule has 0 aliphatic carbocycles. The van der Waals surface area contributed by atoms with Crippen LogP contribution in [0.4, 0.5) is 11.4 Å². The highest BCUT2D eigenvalue weighted by Gasteiger charge is 2.18. The van der Waals surface area contributed by atoms with Gasteiger partial charge in [-0.3, -0.25) is 14.9 Å². The first kappa shape index (κ1) is 18.8. The van der Waals surface area contributed by atoms with Gasteiger partial charge < -0.3 is 14.5 Å². The topological polar surface area (TPSA) is 112 Å². The maximum Gasteiger partial charge on any atom is 0.339 e. The summed E-state index contributed by atoms with van der Waals surface area (Å²) in [6, 6.07) is 13.9. The van der Waals surface area contributed by atoms with Gasteiger partial charge in [-0.1, -0.05) is 12.1 Å². The Hall–Kier alpha value is -3.94. The van der Waals surface area contributed by atoms with Crippen LogP contribution in [0.3, 0.4) is 0 Å². The summed E-state index contributed by atoms with van der Waals surface area (Å²) < 4.78 is 10.3. The summed E-state index contributed by atoms with van der Waals surface area (Å²) in [6.07, 6.45) is 0. The summed E-state index contributed by atoms with van der Waals surface area (Å²) in [4.78, 5) is 34.7. The van der Waals surface area contributed by atoms with Crippen molar-refractivity contribution in [3.8, 4) is 11.3 Å². The normalized spacial score (nSPS) is 10.4. The Kier molecular flexibility index (Phi) is 5.21. The van der Waals surface area contributed by atoms with Crippen molar-refractivity contribution >= 4 is 23.3 Å². The number of furan rings is 1. The van der Waals surface area contributed by atoms with Crippen LogP contribution in [0.15, 0.2) is 59.0 Å². The molecule has 0 aliphatic heterocycles. The van der Waals surface area contributed by atoms with Crippen LogP contribution in [0.25, 0.3) is 11.3 Å². The molecule has 8 heteroatoms. The molecule has 1 amide bonds. The molecule has 0 atom stereocenters. The third kappa shape index (κ3) is 3.75. The number of hydrogen-bond acceptors (Lipinski definition) is 6. The molecular formula is C20H16N2O6. The molecule has 28 heavy (non-hydrogen) atoms. The molecule has 1 heterocycles. The Bertz CT molecular complexity index is 1070. The number of hydrogen-bond donors (Lipinski definition) is 1. The van der Waals surface area contributed by atoms with Gasteiger partial charge >= 0.3 is 5.97 Å². The maximum absolute atomic E-state index is 12.5. The molecule has 8 nitrogen and oxygen atoms in total. The first-order valence-electron chi connectivity index (χ1n) is 8.24. The molecule has 3 rings (SSSR count). The lowest BCUT2D eigenvalue weighted by Gasteiger charge is -2.08. The zero-order valence-corrected chi connectivity index (χ0v) is 15.1. The number of anilines is 1. The second-order valence-corrected chi connectivity index (χ2v) is 5.91. The number of para-hydroxylation sites is 1. The number of benzene rings is 2. The van der Waals surface area contributed by atoms with Crippen LogP contribution in [-0.4, -0.2) is 23.9 Å². The number of amides is 1. The fraction of sp³-hybridized carbons (Fsp3) is 0.100. The van der Waals surface area contributed by atoms with Gasteiger partial charge in [-0.25, -0.2) is 4.79 Å². The number of nitro groups is 1. The number of nitrogens with one attached hydrogen (secondary N) is 1. The van der Waals surface area contributed by atoms with E-state index in [0.717, 1.165) is 0 Å². The van der Waals surface area contributed by atoms with E-state index >= 15 is 0 Å². The molecule has 0 radical (unpaired) electrons. The van der Waals surface area contributed by atoms with E-state index in [1.54, 1.807) is 37.3 Å². The first-order chi connectivity index (χ1) is 13.4. The number of non-ortho nitro benzene ring substituents is 1. The predicted octanol–water partition coefficient (Wildman–Crippen LogP) is 4.20. The Morgan fingerprint density at radius 2 is 1.86 bits per heavy atom. The van der Waals surface area contributed by atoms with Gasteiger partial charge in [0, 0.05) is 17.7 Å². The molecule has 1 N–H and O–H groups in total. The number of ether oxygens (including phenoxy) is 1. The van der Waals surface area contributed by atoms with Gasteiger partial charge in [0.25, 0.3) is 11.6 Å². The predicted molar refractivity (Wildman–Crippen MR) is 101 cm³/mol. The molecule has 0 saturated heterocycles. The van der Waals surface area contributed by atoms with E-state index in [4.69, 9.17) is 9.15 Å². The lowest BCUT2D eigenvalue weighted by Crippen LogP contribution is -2.14. The minimum absolute atomic E-state index is 0.0230. The number of esters is 1. The SMILES string of the molecule is COC(=O)c1ccccc1NC(=O)c1ccc(-c2ccc([N+](=O)[O-])cc2C)o1. The molecule has 0 spiro atoms. The fourth-order valence-electron chi connectivity index (χ4n) is 2.71. The Labute approximate surface area is 159 Å². The monoisotopic (exact) mass is 380 g/mol. The van der Waals surface area contributed by atoms with Crippen molar-refractivity contribution in [2.24, 2.45) is 0 Å². The van der Waals surface area contributed by atoms with Crippen molar-refractivity contribution in [1.29, 1.82) is 0 Å². The van der Waals surface area contributed by atoms with E-state index in [1.807, 2.05) is 0 Å². The van der Waals surface area contributed by atoms with Gasteiger partial charge in [-0.05, 0) is 42.8 Å². The average Bonchev–Trinajstić information content (AvgIpc) is 3.17. The number of carbonyl (C=O) groups is 2. The van der Waals surface area contributed by atoms with Crippen molar-refractivity contribution in [2.75, 3.05) is 12.4 Å². The highest BCUT2D eigenvalue weighted by Crippen LogP contribution is 2.29. The van der Waals surface area contributed by atoms with Crippen LogP contribution >= 0.6 is 0 Å². The highest BCUT2D eigenvalue weighted by atomic mass is 16.6. The molecule has 1 aromatic heterocycles. The van der Waals surface area contributed by atoms with E-state index in [1.165, 1.54) is 31.4 Å². The maximum atomic E-state index is 12.5. The van der Waals surface area contributed by atoms with Crippen LogP contribution in [0.1, 0.15) is 26.5 Å². The van der Waals surface area contributed by atoms with E-state index in [0.29, 0.717) is 22.6 Å². The summed E-state index contributed by atoms with van der Waals surface area (Å²) in [6.45, 7) is 1.72. The minimum atomic E-state index is -0.572. The lowest BCUT2D eigenvalue weighted by molar-refractivity contribution is -0.384. The van der Waals surface area contributed by atoms with Crippen molar-refractivity contribution in [2.45, 2.75) is 6.92 Å². The van der Waals surface area contributed by atoms with E-state index in [2.05, 4.69) is 5.32 Å². The van der Waals surface area contributed by atoms with Gasteiger partial charge in [0.2, 0.25) is 0 Å². The number of nitrogens with zero attached hydrogens (tertiary/aromatic N) is 1. The summed E-state index contributed by atoms with van der Waals surface area (Å²) in [5.74, 6) is -0.675. The third-order valence-corrected chi connectivity index (χ3v) is 4.10. The summed E-state index contributed by atoms with van der Waals surface area (Å²) in [7, 11) is 1.26. The van der Waals surface area contributed by atoms with E-state index in [-0.39, 0.29) is 17.0 Å². The molecule has 3 aromatic rings. The van der Waals surface area contributed by atoms with Gasteiger partial charge in [0.1, 0.15) is 5.76 Å². The summed E-state index contributed by atoms with van der Waals surface area (Å²) >= 11 is 0. The van der Waals surface area contributed by atoms with Gasteiger partial charge in [-0.2, -0.15) is 0 Å². The number of rotatable bonds is 5.